The maximum absolute atomic E-state index is 11.5. The van der Waals surface area contributed by atoms with Crippen LogP contribution in [0, 0.1) is 11.8 Å². The van der Waals surface area contributed by atoms with Crippen LogP contribution in [-0.4, -0.2) is 35.6 Å². The third kappa shape index (κ3) is 1.50. The predicted molar refractivity (Wildman–Crippen MR) is 63.2 cm³/mol. The standard InChI is InChI=1S/C13H19NO2/c1-9-5-4-6-10-7-13(12(15)16,14(2)3)8-11(9)10/h4-6,9,11H,7-8H2,1-3H3,(H,15,16). The van der Waals surface area contributed by atoms with Gasteiger partial charge in [0.1, 0.15) is 5.54 Å². The highest BCUT2D eigenvalue weighted by Gasteiger charge is 2.50. The zero-order valence-corrected chi connectivity index (χ0v) is 10.1. The first kappa shape index (κ1) is 11.4. The fraction of sp³-hybridized carbons (Fsp3) is 0.615. The third-order valence-corrected chi connectivity index (χ3v) is 4.14. The number of rotatable bonds is 2. The molecule has 0 spiro atoms. The molecule has 3 heteroatoms. The summed E-state index contributed by atoms with van der Waals surface area (Å²) >= 11 is 0. The Morgan fingerprint density at radius 2 is 2.25 bits per heavy atom. The average Bonchev–Trinajstić information content (AvgIpc) is 2.59. The Kier molecular flexibility index (Phi) is 2.66. The molecule has 0 aromatic carbocycles. The number of nitrogens with zero attached hydrogens (tertiary/aromatic N) is 1. The molecular formula is C13H19NO2. The van der Waals surface area contributed by atoms with Crippen LogP contribution in [0.2, 0.25) is 0 Å². The van der Waals surface area contributed by atoms with Crippen molar-refractivity contribution in [3.63, 3.8) is 0 Å². The third-order valence-electron chi connectivity index (χ3n) is 4.14. The summed E-state index contributed by atoms with van der Waals surface area (Å²) in [6.45, 7) is 2.17. The van der Waals surface area contributed by atoms with Crippen LogP contribution in [0.1, 0.15) is 19.8 Å². The molecule has 0 heterocycles. The molecule has 0 radical (unpaired) electrons. The fourth-order valence-electron chi connectivity index (χ4n) is 2.93. The van der Waals surface area contributed by atoms with Crippen LogP contribution in [0.3, 0.4) is 0 Å². The molecule has 0 bridgehead atoms. The molecule has 0 aromatic rings. The minimum atomic E-state index is -0.698. The van der Waals surface area contributed by atoms with Gasteiger partial charge in [0, 0.05) is 0 Å². The highest BCUT2D eigenvalue weighted by Crippen LogP contribution is 2.47. The Bertz CT molecular complexity index is 370. The minimum absolute atomic E-state index is 0.406. The van der Waals surface area contributed by atoms with Crippen LogP contribution >= 0.6 is 0 Å². The Morgan fingerprint density at radius 1 is 1.56 bits per heavy atom. The Balaban J connectivity index is 2.33. The molecule has 0 amide bonds. The first-order valence-electron chi connectivity index (χ1n) is 5.75. The summed E-state index contributed by atoms with van der Waals surface area (Å²) in [7, 11) is 3.73. The van der Waals surface area contributed by atoms with E-state index >= 15 is 0 Å². The lowest BCUT2D eigenvalue weighted by Gasteiger charge is -2.32. The van der Waals surface area contributed by atoms with Gasteiger partial charge in [-0.15, -0.1) is 0 Å². The lowest BCUT2D eigenvalue weighted by atomic mass is 9.85. The monoisotopic (exact) mass is 221 g/mol. The van der Waals surface area contributed by atoms with E-state index in [0.717, 1.165) is 6.42 Å². The van der Waals surface area contributed by atoms with E-state index < -0.39 is 11.5 Å². The molecule has 16 heavy (non-hydrogen) atoms. The van der Waals surface area contributed by atoms with Crippen molar-refractivity contribution in [2.75, 3.05) is 14.1 Å². The van der Waals surface area contributed by atoms with Crippen LogP contribution in [0.25, 0.3) is 0 Å². The summed E-state index contributed by atoms with van der Waals surface area (Å²) in [6, 6.07) is 0. The predicted octanol–water partition coefficient (Wildman–Crippen LogP) is 1.91. The Morgan fingerprint density at radius 3 is 2.75 bits per heavy atom. The number of carboxylic acids is 1. The van der Waals surface area contributed by atoms with E-state index in [1.54, 1.807) is 0 Å². The first-order chi connectivity index (χ1) is 7.47. The molecule has 1 saturated carbocycles. The maximum Gasteiger partial charge on any atom is 0.324 e. The maximum atomic E-state index is 11.5. The van der Waals surface area contributed by atoms with Crippen molar-refractivity contribution >= 4 is 5.97 Å². The van der Waals surface area contributed by atoms with E-state index in [0.29, 0.717) is 18.3 Å². The van der Waals surface area contributed by atoms with Gasteiger partial charge in [-0.05, 0) is 38.8 Å². The number of carbonyl (C=O) groups is 1. The van der Waals surface area contributed by atoms with E-state index in [9.17, 15) is 9.90 Å². The normalized spacial score (nSPS) is 37.4. The highest BCUT2D eigenvalue weighted by atomic mass is 16.4. The minimum Gasteiger partial charge on any atom is -0.480 e. The molecule has 2 rings (SSSR count). The summed E-state index contributed by atoms with van der Waals surface area (Å²) < 4.78 is 0. The van der Waals surface area contributed by atoms with Gasteiger partial charge in [-0.2, -0.15) is 0 Å². The van der Waals surface area contributed by atoms with Gasteiger partial charge < -0.3 is 5.11 Å². The zero-order chi connectivity index (χ0) is 11.9. The lowest BCUT2D eigenvalue weighted by molar-refractivity contribution is -0.149. The van der Waals surface area contributed by atoms with Gasteiger partial charge in [0.05, 0.1) is 0 Å². The molecule has 2 aliphatic rings. The number of carboxylic acid groups (broad SMARTS) is 1. The summed E-state index contributed by atoms with van der Waals surface area (Å²) in [4.78, 5) is 13.4. The van der Waals surface area contributed by atoms with Gasteiger partial charge in [0.25, 0.3) is 0 Å². The van der Waals surface area contributed by atoms with Gasteiger partial charge in [0.2, 0.25) is 0 Å². The highest BCUT2D eigenvalue weighted by molar-refractivity contribution is 5.80. The van der Waals surface area contributed by atoms with Crippen LogP contribution in [0.4, 0.5) is 0 Å². The number of allylic oxidation sites excluding steroid dienone is 3. The van der Waals surface area contributed by atoms with Crippen molar-refractivity contribution in [1.29, 1.82) is 0 Å². The quantitative estimate of drug-likeness (QED) is 0.774. The molecule has 88 valence electrons. The molecule has 2 aliphatic carbocycles. The Hall–Kier alpha value is -1.09. The largest absolute Gasteiger partial charge is 0.480 e. The van der Waals surface area contributed by atoms with Gasteiger partial charge in [-0.3, -0.25) is 9.69 Å². The van der Waals surface area contributed by atoms with Gasteiger partial charge >= 0.3 is 5.97 Å². The van der Waals surface area contributed by atoms with Gasteiger partial charge in [-0.1, -0.05) is 30.7 Å². The average molecular weight is 221 g/mol. The van der Waals surface area contributed by atoms with Crippen LogP contribution in [-0.2, 0) is 4.79 Å². The van der Waals surface area contributed by atoms with E-state index in [1.807, 2.05) is 19.0 Å². The molecule has 1 fully saturated rings. The Labute approximate surface area is 96.4 Å². The van der Waals surface area contributed by atoms with Crippen molar-refractivity contribution in [2.45, 2.75) is 25.3 Å². The second-order valence-corrected chi connectivity index (χ2v) is 5.20. The fourth-order valence-corrected chi connectivity index (χ4v) is 2.93. The number of aliphatic carboxylic acids is 1. The summed E-state index contributed by atoms with van der Waals surface area (Å²) in [5.74, 6) is 0.171. The number of hydrogen-bond acceptors (Lipinski definition) is 2. The molecule has 0 aromatic heterocycles. The first-order valence-corrected chi connectivity index (χ1v) is 5.75. The molecule has 3 atom stereocenters. The molecular weight excluding hydrogens is 202 g/mol. The van der Waals surface area contributed by atoms with Crippen molar-refractivity contribution in [2.24, 2.45) is 11.8 Å². The number of likely N-dealkylation sites (N-methyl/N-ethyl adjacent to an activating group) is 1. The second kappa shape index (κ2) is 3.74. The van der Waals surface area contributed by atoms with Crippen LogP contribution in [0.15, 0.2) is 23.8 Å². The van der Waals surface area contributed by atoms with E-state index in [2.05, 4.69) is 25.2 Å². The smallest absolute Gasteiger partial charge is 0.324 e. The molecule has 3 nitrogen and oxygen atoms in total. The number of hydrogen-bond donors (Lipinski definition) is 1. The number of fused-ring (bicyclic) bond motifs is 1. The molecule has 3 unspecified atom stereocenters. The second-order valence-electron chi connectivity index (χ2n) is 5.20. The molecule has 0 aliphatic heterocycles. The SMILES string of the molecule is CC1C=CC=C2CC(C(=O)O)(N(C)C)CC21. The summed E-state index contributed by atoms with van der Waals surface area (Å²) in [6.07, 6.45) is 7.71. The van der Waals surface area contributed by atoms with Crippen LogP contribution in [0.5, 0.6) is 0 Å². The van der Waals surface area contributed by atoms with E-state index in [4.69, 9.17) is 0 Å². The van der Waals surface area contributed by atoms with Crippen molar-refractivity contribution < 1.29 is 9.90 Å². The summed E-state index contributed by atoms with van der Waals surface area (Å²) in [5, 5.41) is 9.48. The summed E-state index contributed by atoms with van der Waals surface area (Å²) in [5.41, 5.74) is 0.600. The zero-order valence-electron chi connectivity index (χ0n) is 10.1. The van der Waals surface area contributed by atoms with Crippen molar-refractivity contribution in [3.8, 4) is 0 Å². The van der Waals surface area contributed by atoms with E-state index in [-0.39, 0.29) is 0 Å². The van der Waals surface area contributed by atoms with Crippen LogP contribution < -0.4 is 0 Å². The van der Waals surface area contributed by atoms with Gasteiger partial charge in [0.15, 0.2) is 0 Å². The lowest BCUT2D eigenvalue weighted by Crippen LogP contribution is -2.49. The molecule has 0 saturated heterocycles. The molecule has 1 N–H and O–H groups in total. The topological polar surface area (TPSA) is 40.5 Å². The van der Waals surface area contributed by atoms with Gasteiger partial charge in [-0.25, -0.2) is 0 Å². The van der Waals surface area contributed by atoms with Crippen molar-refractivity contribution in [3.05, 3.63) is 23.8 Å². The van der Waals surface area contributed by atoms with Crippen molar-refractivity contribution in [1.82, 2.24) is 4.90 Å². The van der Waals surface area contributed by atoms with E-state index in [1.165, 1.54) is 5.57 Å².